The van der Waals surface area contributed by atoms with Crippen LogP contribution < -0.4 is 10.2 Å². The molecule has 0 saturated heterocycles. The van der Waals surface area contributed by atoms with Crippen LogP contribution in [0.5, 0.6) is 0 Å². The molecule has 0 aliphatic rings. The van der Waals surface area contributed by atoms with Crippen molar-refractivity contribution in [2.75, 3.05) is 30.6 Å². The van der Waals surface area contributed by atoms with Gasteiger partial charge in [-0.1, -0.05) is 12.5 Å². The average molecular weight is 556 g/mol. The fourth-order valence-corrected chi connectivity index (χ4v) is 4.08. The number of aldehydes is 1. The summed E-state index contributed by atoms with van der Waals surface area (Å²) in [7, 11) is 5.27. The van der Waals surface area contributed by atoms with E-state index in [1.807, 2.05) is 45.5 Å². The van der Waals surface area contributed by atoms with Gasteiger partial charge in [0.25, 0.3) is 0 Å². The molecule has 9 nitrogen and oxygen atoms in total. The molecule has 0 amide bonds. The largest absolute Gasteiger partial charge is 0.492 e. The van der Waals surface area contributed by atoms with Crippen LogP contribution >= 0.6 is 11.8 Å². The lowest BCUT2D eigenvalue weighted by Crippen LogP contribution is -2.25. The van der Waals surface area contributed by atoms with Crippen LogP contribution in [0.1, 0.15) is 45.4 Å². The number of halogens is 1. The van der Waals surface area contributed by atoms with Crippen LogP contribution in [0.25, 0.3) is 5.57 Å². The molecule has 1 aromatic carbocycles. The molecule has 3 rings (SSSR count). The van der Waals surface area contributed by atoms with Crippen molar-refractivity contribution < 1.29 is 13.9 Å². The van der Waals surface area contributed by atoms with Crippen molar-refractivity contribution in [1.82, 2.24) is 20.0 Å². The summed E-state index contributed by atoms with van der Waals surface area (Å²) < 4.78 is 22.6. The summed E-state index contributed by atoms with van der Waals surface area (Å²) in [5.41, 5.74) is 4.23. The van der Waals surface area contributed by atoms with Gasteiger partial charge in [0.05, 0.1) is 19.0 Å². The number of ether oxygens (including phenoxy) is 1. The van der Waals surface area contributed by atoms with E-state index in [1.54, 1.807) is 36.0 Å². The zero-order valence-electron chi connectivity index (χ0n) is 24.1. The number of thioether (sulfide) groups is 1. The molecule has 0 aliphatic heterocycles. The van der Waals surface area contributed by atoms with E-state index in [0.717, 1.165) is 40.0 Å². The Labute approximate surface area is 234 Å². The van der Waals surface area contributed by atoms with Crippen LogP contribution in [0.2, 0.25) is 0 Å². The first-order chi connectivity index (χ1) is 18.6. The van der Waals surface area contributed by atoms with E-state index < -0.39 is 0 Å². The third-order valence-electron chi connectivity index (χ3n) is 5.82. The van der Waals surface area contributed by atoms with Crippen LogP contribution in [-0.4, -0.2) is 52.5 Å². The van der Waals surface area contributed by atoms with Crippen molar-refractivity contribution in [3.05, 3.63) is 70.9 Å². The number of amidine groups is 1. The Hall–Kier alpha value is -3.86. The Morgan fingerprint density at radius 2 is 2.03 bits per heavy atom. The van der Waals surface area contributed by atoms with Gasteiger partial charge in [-0.2, -0.15) is 10.2 Å². The molecule has 2 aromatic heterocycles. The number of methoxy groups -OCH3 is 1. The minimum absolute atomic E-state index is 0.315. The van der Waals surface area contributed by atoms with Gasteiger partial charge in [-0.3, -0.25) is 9.78 Å². The van der Waals surface area contributed by atoms with Crippen molar-refractivity contribution in [1.29, 1.82) is 0 Å². The van der Waals surface area contributed by atoms with Gasteiger partial charge in [0.15, 0.2) is 17.4 Å². The Kier molecular flexibility index (Phi) is 12.0. The summed E-state index contributed by atoms with van der Waals surface area (Å²) in [6, 6.07) is 7.05. The number of aromatic nitrogens is 4. The number of carbonyl (C=O) groups is 1. The zero-order valence-corrected chi connectivity index (χ0v) is 24.9. The molecule has 39 heavy (non-hydrogen) atoms. The molecule has 0 radical (unpaired) electrons. The molecular formula is C28H38FN7O2S. The second kappa shape index (κ2) is 14.9. The quantitative estimate of drug-likeness (QED) is 0.0812. The molecule has 0 bridgehead atoms. The lowest BCUT2D eigenvalue weighted by molar-refractivity contribution is -0.106. The maximum Gasteiger partial charge on any atom is 0.176 e. The van der Waals surface area contributed by atoms with Crippen LogP contribution in [0.3, 0.4) is 0 Å². The molecule has 0 saturated carbocycles. The number of H-pyrrole nitrogens is 1. The molecule has 2 heterocycles. The first-order valence-electron chi connectivity index (χ1n) is 12.4. The Morgan fingerprint density at radius 1 is 1.33 bits per heavy atom. The minimum Gasteiger partial charge on any atom is -0.492 e. The van der Waals surface area contributed by atoms with Gasteiger partial charge >= 0.3 is 0 Å². The van der Waals surface area contributed by atoms with Crippen molar-refractivity contribution >= 4 is 41.0 Å². The molecule has 0 unspecified atom stereocenters. The number of aromatic amines is 1. The van der Waals surface area contributed by atoms with Gasteiger partial charge in [-0.05, 0) is 58.6 Å². The second-order valence-electron chi connectivity index (χ2n) is 8.63. The third kappa shape index (κ3) is 8.31. The van der Waals surface area contributed by atoms with E-state index in [4.69, 9.17) is 14.5 Å². The number of rotatable bonds is 9. The van der Waals surface area contributed by atoms with Gasteiger partial charge in [-0.15, -0.1) is 11.8 Å². The number of aryl methyl sites for hydroxylation is 2. The molecule has 0 aliphatic carbocycles. The summed E-state index contributed by atoms with van der Waals surface area (Å²) in [5, 5.41) is 14.9. The zero-order chi connectivity index (χ0) is 29.1. The molecular weight excluding hydrogens is 517 g/mol. The summed E-state index contributed by atoms with van der Waals surface area (Å²) in [6.45, 7) is 9.34. The molecule has 0 fully saturated rings. The van der Waals surface area contributed by atoms with E-state index in [2.05, 4.69) is 34.5 Å². The van der Waals surface area contributed by atoms with Gasteiger partial charge < -0.3 is 19.7 Å². The number of hydrogen-bond donors (Lipinski definition) is 2. The van der Waals surface area contributed by atoms with E-state index in [-0.39, 0.29) is 5.82 Å². The number of allylic oxidation sites excluding steroid dienone is 2. The summed E-state index contributed by atoms with van der Waals surface area (Å²) in [6.07, 6.45) is 7.22. The third-order valence-corrected chi connectivity index (χ3v) is 6.55. The lowest BCUT2D eigenvalue weighted by Gasteiger charge is -2.22. The SMILES string of the molecule is CC/C(C)=C(/C(OC)=C(\N=C(/C)N(C)c1ccc(SC)cc1F)Nc1cc(C)[nH]n1)c1cnn(C)c1.CC=O. The maximum absolute atomic E-state index is 14.9. The van der Waals surface area contributed by atoms with Crippen LogP contribution in [0.15, 0.2) is 63.7 Å². The molecule has 11 heteroatoms. The van der Waals surface area contributed by atoms with Gasteiger partial charge in [0.1, 0.15) is 17.9 Å². The van der Waals surface area contributed by atoms with Crippen molar-refractivity contribution in [2.24, 2.45) is 12.0 Å². The van der Waals surface area contributed by atoms with E-state index in [1.165, 1.54) is 24.8 Å². The van der Waals surface area contributed by atoms with Crippen molar-refractivity contribution in [3.8, 4) is 0 Å². The Morgan fingerprint density at radius 3 is 2.51 bits per heavy atom. The normalized spacial score (nSPS) is 12.6. The average Bonchev–Trinajstić information content (AvgIpc) is 3.53. The molecule has 0 atom stereocenters. The van der Waals surface area contributed by atoms with E-state index in [0.29, 0.717) is 28.9 Å². The number of carbonyl (C=O) groups excluding carboxylic acids is 1. The fourth-order valence-electron chi connectivity index (χ4n) is 3.65. The summed E-state index contributed by atoms with van der Waals surface area (Å²) >= 11 is 1.50. The number of anilines is 2. The first-order valence-corrected chi connectivity index (χ1v) is 13.6. The maximum atomic E-state index is 14.9. The predicted octanol–water partition coefficient (Wildman–Crippen LogP) is 6.18. The Balaban J connectivity index is 0.00000170. The minimum atomic E-state index is -0.315. The highest BCUT2D eigenvalue weighted by Gasteiger charge is 2.21. The Bertz CT molecular complexity index is 1360. The van der Waals surface area contributed by atoms with Crippen molar-refractivity contribution in [2.45, 2.75) is 45.9 Å². The van der Waals surface area contributed by atoms with Crippen LogP contribution in [0, 0.1) is 12.7 Å². The van der Waals surface area contributed by atoms with Gasteiger partial charge in [0, 0.05) is 48.1 Å². The van der Waals surface area contributed by atoms with Gasteiger partial charge in [-0.25, -0.2) is 9.38 Å². The fraction of sp³-hybridized carbons (Fsp3) is 0.357. The lowest BCUT2D eigenvalue weighted by atomic mass is 10.00. The number of nitrogens with one attached hydrogen (secondary N) is 2. The standard InChI is InChI=1S/C26H34FN7OS.C2H4O/c1-9-16(2)24(19-14-28-33(5)15-19)25(35-7)26(30-23-12-17(3)31-32-23)29-18(4)34(6)22-11-10-20(36-8)13-21(22)27;1-2-3/h10-15H,9H2,1-8H3,(H2,30,31,32);2H,1H3/b24-16+,26-25-,29-18+;. The smallest absolute Gasteiger partial charge is 0.176 e. The highest BCUT2D eigenvalue weighted by atomic mass is 32.2. The molecule has 3 aromatic rings. The number of hydrogen-bond acceptors (Lipinski definition) is 7. The molecule has 210 valence electrons. The second-order valence-corrected chi connectivity index (χ2v) is 9.51. The summed E-state index contributed by atoms with van der Waals surface area (Å²) in [5.74, 6) is 1.82. The molecule has 0 spiro atoms. The first kappa shape index (κ1) is 31.4. The number of benzene rings is 1. The van der Waals surface area contributed by atoms with Crippen molar-refractivity contribution in [3.63, 3.8) is 0 Å². The number of nitrogens with zero attached hydrogens (tertiary/aromatic N) is 5. The predicted molar refractivity (Wildman–Crippen MR) is 159 cm³/mol. The highest BCUT2D eigenvalue weighted by Crippen LogP contribution is 2.32. The van der Waals surface area contributed by atoms with Gasteiger partial charge in [0.2, 0.25) is 0 Å². The number of aliphatic imine (C=N–C) groups is 1. The molecule has 2 N–H and O–H groups in total. The highest BCUT2D eigenvalue weighted by molar-refractivity contribution is 7.98. The van der Waals surface area contributed by atoms with E-state index >= 15 is 0 Å². The van der Waals surface area contributed by atoms with Crippen LogP contribution in [-0.2, 0) is 16.6 Å². The van der Waals surface area contributed by atoms with E-state index in [9.17, 15) is 4.39 Å². The van der Waals surface area contributed by atoms with Crippen LogP contribution in [0.4, 0.5) is 15.9 Å². The summed E-state index contributed by atoms with van der Waals surface area (Å²) in [4.78, 5) is 16.3. The topological polar surface area (TPSA) is 100 Å². The monoisotopic (exact) mass is 555 g/mol.